The van der Waals surface area contributed by atoms with Crippen molar-refractivity contribution in [3.63, 3.8) is 0 Å². The zero-order chi connectivity index (χ0) is 16.9. The number of aryl methyl sites for hydroxylation is 1. The van der Waals surface area contributed by atoms with Crippen LogP contribution in [0.1, 0.15) is 23.7 Å². The zero-order valence-corrected chi connectivity index (χ0v) is 14.6. The van der Waals surface area contributed by atoms with Crippen LogP contribution in [0.4, 0.5) is 10.5 Å². The van der Waals surface area contributed by atoms with E-state index in [0.717, 1.165) is 25.1 Å². The number of carbonyl (C=O) groups is 1. The number of nitrogens with one attached hydrogen (secondary N) is 2. The van der Waals surface area contributed by atoms with Gasteiger partial charge < -0.3 is 20.6 Å². The Morgan fingerprint density at radius 3 is 2.88 bits per heavy atom. The molecule has 5 nitrogen and oxygen atoms in total. The molecule has 3 rings (SSSR count). The molecule has 3 N–H and O–H groups in total. The third-order valence-electron chi connectivity index (χ3n) is 4.31. The van der Waals surface area contributed by atoms with Gasteiger partial charge in [-0.15, -0.1) is 0 Å². The minimum absolute atomic E-state index is 0.129. The van der Waals surface area contributed by atoms with E-state index in [-0.39, 0.29) is 18.6 Å². The molecule has 2 atom stereocenters. The van der Waals surface area contributed by atoms with Crippen LogP contribution in [0.15, 0.2) is 41.1 Å². The number of amides is 2. The number of hydrogen-bond acceptors (Lipinski definition) is 4. The average Bonchev–Trinajstić information content (AvgIpc) is 3.25. The Bertz CT molecular complexity index is 657. The van der Waals surface area contributed by atoms with E-state index in [1.165, 1.54) is 22.6 Å². The largest absolute Gasteiger partial charge is 0.387 e. The van der Waals surface area contributed by atoms with Crippen LogP contribution in [-0.2, 0) is 0 Å². The smallest absolute Gasteiger partial charge is 0.315 e. The fourth-order valence-electron chi connectivity index (χ4n) is 2.88. The minimum atomic E-state index is -0.658. The van der Waals surface area contributed by atoms with E-state index >= 15 is 0 Å². The van der Waals surface area contributed by atoms with Crippen LogP contribution < -0.4 is 15.5 Å². The van der Waals surface area contributed by atoms with Crippen molar-refractivity contribution in [3.8, 4) is 0 Å². The number of aliphatic hydroxyl groups excluding tert-OH is 1. The first-order chi connectivity index (χ1) is 11.6. The molecule has 128 valence electrons. The molecular formula is C18H23N3O2S. The van der Waals surface area contributed by atoms with Crippen LogP contribution in [0.25, 0.3) is 0 Å². The number of carbonyl (C=O) groups excluding carboxylic acids is 1. The summed E-state index contributed by atoms with van der Waals surface area (Å²) in [6.07, 6.45) is 0.267. The van der Waals surface area contributed by atoms with Crippen molar-refractivity contribution >= 4 is 23.1 Å². The quantitative estimate of drug-likeness (QED) is 0.781. The van der Waals surface area contributed by atoms with E-state index in [1.54, 1.807) is 0 Å². The molecule has 0 unspecified atom stereocenters. The second-order valence-corrected chi connectivity index (χ2v) is 6.97. The lowest BCUT2D eigenvalue weighted by atomic mass is 10.2. The second kappa shape index (κ2) is 7.68. The summed E-state index contributed by atoms with van der Waals surface area (Å²) in [7, 11) is 0. The lowest BCUT2D eigenvalue weighted by molar-refractivity contribution is 0.173. The Balaban J connectivity index is 1.43. The van der Waals surface area contributed by atoms with Gasteiger partial charge in [0.05, 0.1) is 6.10 Å². The van der Waals surface area contributed by atoms with Gasteiger partial charge in [0, 0.05) is 31.4 Å². The highest BCUT2D eigenvalue weighted by Crippen LogP contribution is 2.20. The van der Waals surface area contributed by atoms with Gasteiger partial charge in [-0.1, -0.05) is 17.7 Å². The first kappa shape index (κ1) is 16.8. The van der Waals surface area contributed by atoms with Crippen LogP contribution in [0.5, 0.6) is 0 Å². The molecule has 6 heteroatoms. The summed E-state index contributed by atoms with van der Waals surface area (Å²) in [6, 6.07) is 10.2. The molecule has 1 aromatic heterocycles. The molecule has 1 fully saturated rings. The molecule has 1 aromatic carbocycles. The summed E-state index contributed by atoms with van der Waals surface area (Å²) < 4.78 is 0. The van der Waals surface area contributed by atoms with Crippen LogP contribution in [0, 0.1) is 6.92 Å². The summed E-state index contributed by atoms with van der Waals surface area (Å²) >= 11 is 1.53. The Labute approximate surface area is 146 Å². The average molecular weight is 345 g/mol. The maximum atomic E-state index is 12.0. The van der Waals surface area contributed by atoms with Gasteiger partial charge in [0.2, 0.25) is 0 Å². The molecule has 0 spiro atoms. The normalized spacial score (nSPS) is 18.4. The fourth-order valence-corrected chi connectivity index (χ4v) is 3.58. The fraction of sp³-hybridized carbons (Fsp3) is 0.389. The summed E-state index contributed by atoms with van der Waals surface area (Å²) in [4.78, 5) is 14.3. The summed E-state index contributed by atoms with van der Waals surface area (Å²) in [6.45, 7) is 4.04. The van der Waals surface area contributed by atoms with Crippen LogP contribution in [0.2, 0.25) is 0 Å². The number of benzene rings is 1. The number of thiophene rings is 1. The number of aliphatic hydroxyl groups is 1. The third-order valence-corrected chi connectivity index (χ3v) is 5.01. The maximum absolute atomic E-state index is 12.0. The van der Waals surface area contributed by atoms with Gasteiger partial charge in [0.25, 0.3) is 0 Å². The molecule has 1 aliphatic rings. The van der Waals surface area contributed by atoms with E-state index in [9.17, 15) is 9.90 Å². The molecule has 1 saturated heterocycles. The lowest BCUT2D eigenvalue weighted by Gasteiger charge is -2.19. The zero-order valence-electron chi connectivity index (χ0n) is 13.7. The highest BCUT2D eigenvalue weighted by atomic mass is 32.1. The Hall–Kier alpha value is -2.05. The van der Waals surface area contributed by atoms with Crippen molar-refractivity contribution in [3.05, 3.63) is 52.2 Å². The van der Waals surface area contributed by atoms with Crippen LogP contribution in [-0.4, -0.2) is 36.8 Å². The topological polar surface area (TPSA) is 64.6 Å². The predicted molar refractivity (Wildman–Crippen MR) is 97.6 cm³/mol. The molecule has 1 aliphatic heterocycles. The second-order valence-electron chi connectivity index (χ2n) is 6.19. The molecular weight excluding hydrogens is 322 g/mol. The van der Waals surface area contributed by atoms with E-state index < -0.39 is 6.10 Å². The van der Waals surface area contributed by atoms with Gasteiger partial charge in [-0.25, -0.2) is 4.79 Å². The maximum Gasteiger partial charge on any atom is 0.315 e. The first-order valence-corrected chi connectivity index (χ1v) is 9.12. The van der Waals surface area contributed by atoms with E-state index in [1.807, 2.05) is 16.8 Å². The van der Waals surface area contributed by atoms with Crippen molar-refractivity contribution in [2.45, 2.75) is 25.5 Å². The summed E-state index contributed by atoms with van der Waals surface area (Å²) in [5.74, 6) is 0. The molecule has 0 aliphatic carbocycles. The van der Waals surface area contributed by atoms with Crippen molar-refractivity contribution in [1.82, 2.24) is 10.6 Å². The van der Waals surface area contributed by atoms with Gasteiger partial charge in [-0.05, 0) is 47.9 Å². The van der Waals surface area contributed by atoms with Gasteiger partial charge >= 0.3 is 6.03 Å². The summed E-state index contributed by atoms with van der Waals surface area (Å²) in [5, 5.41) is 19.5. The molecule has 24 heavy (non-hydrogen) atoms. The molecule has 2 amide bonds. The van der Waals surface area contributed by atoms with Crippen molar-refractivity contribution in [1.29, 1.82) is 0 Å². The minimum Gasteiger partial charge on any atom is -0.387 e. The lowest BCUT2D eigenvalue weighted by Crippen LogP contribution is -2.44. The van der Waals surface area contributed by atoms with Crippen molar-refractivity contribution in [2.75, 3.05) is 24.5 Å². The molecule has 2 heterocycles. The Kier molecular flexibility index (Phi) is 5.37. The Morgan fingerprint density at radius 2 is 2.17 bits per heavy atom. The van der Waals surface area contributed by atoms with Crippen molar-refractivity contribution in [2.24, 2.45) is 0 Å². The first-order valence-electron chi connectivity index (χ1n) is 8.18. The number of nitrogens with zero attached hydrogens (tertiary/aromatic N) is 1. The molecule has 0 bridgehead atoms. The standard InChI is InChI=1S/C18H23N3O2S/c1-13-2-4-16(5-3-13)21-8-6-15(11-21)20-18(23)19-10-17(22)14-7-9-24-12-14/h2-5,7,9,12,15,17,22H,6,8,10-11H2,1H3,(H2,19,20,23)/t15-,17-/m1/s1. The van der Waals surface area contributed by atoms with Crippen molar-refractivity contribution < 1.29 is 9.90 Å². The van der Waals surface area contributed by atoms with Gasteiger partial charge in [-0.2, -0.15) is 11.3 Å². The number of rotatable bonds is 5. The van der Waals surface area contributed by atoms with Crippen LogP contribution >= 0.6 is 11.3 Å². The van der Waals surface area contributed by atoms with Gasteiger partial charge in [0.15, 0.2) is 0 Å². The monoisotopic (exact) mass is 345 g/mol. The molecule has 0 saturated carbocycles. The number of urea groups is 1. The molecule has 2 aromatic rings. The molecule has 0 radical (unpaired) electrons. The van der Waals surface area contributed by atoms with E-state index in [0.29, 0.717) is 0 Å². The van der Waals surface area contributed by atoms with E-state index in [4.69, 9.17) is 0 Å². The highest BCUT2D eigenvalue weighted by Gasteiger charge is 2.24. The van der Waals surface area contributed by atoms with Crippen LogP contribution in [0.3, 0.4) is 0 Å². The van der Waals surface area contributed by atoms with Gasteiger partial charge in [0.1, 0.15) is 0 Å². The number of anilines is 1. The third kappa shape index (κ3) is 4.27. The SMILES string of the molecule is Cc1ccc(N2CC[C@@H](NC(=O)NC[C@@H](O)c3ccsc3)C2)cc1. The highest BCUT2D eigenvalue weighted by molar-refractivity contribution is 7.07. The summed E-state index contributed by atoms with van der Waals surface area (Å²) in [5.41, 5.74) is 3.28. The van der Waals surface area contributed by atoms with Gasteiger partial charge in [-0.3, -0.25) is 0 Å². The number of hydrogen-bond donors (Lipinski definition) is 3. The predicted octanol–water partition coefficient (Wildman–Crippen LogP) is 2.67. The van der Waals surface area contributed by atoms with E-state index in [2.05, 4.69) is 46.7 Å². The Morgan fingerprint density at radius 1 is 1.38 bits per heavy atom.